The van der Waals surface area contributed by atoms with Crippen molar-refractivity contribution in [1.29, 1.82) is 0 Å². The number of carboxylic acid groups (broad SMARTS) is 1. The van der Waals surface area contributed by atoms with Gasteiger partial charge in [0.15, 0.2) is 0 Å². The molecule has 178 valence electrons. The fraction of sp³-hybridized carbons (Fsp3) is 0.258. The second kappa shape index (κ2) is 10.9. The van der Waals surface area contributed by atoms with Gasteiger partial charge in [-0.05, 0) is 71.0 Å². The summed E-state index contributed by atoms with van der Waals surface area (Å²) in [5.41, 5.74) is 5.00. The highest BCUT2D eigenvalue weighted by Crippen LogP contribution is 2.29. The summed E-state index contributed by atoms with van der Waals surface area (Å²) in [5.74, 6) is -0.505. The summed E-state index contributed by atoms with van der Waals surface area (Å²) in [4.78, 5) is 11.5. The van der Waals surface area contributed by atoms with Gasteiger partial charge in [0.1, 0.15) is 0 Å². The lowest BCUT2D eigenvalue weighted by molar-refractivity contribution is 0.0106. The fourth-order valence-electron chi connectivity index (χ4n) is 5.08. The summed E-state index contributed by atoms with van der Waals surface area (Å²) in [6.07, 6.45) is 2.71. The van der Waals surface area contributed by atoms with Gasteiger partial charge in [0.05, 0.1) is 18.3 Å². The molecule has 0 aromatic heterocycles. The largest absolute Gasteiger partial charge is 0.478 e. The summed E-state index contributed by atoms with van der Waals surface area (Å²) < 4.78 is 6.44. The standard InChI is InChI=1S/C31H31NO3/c33-31(34)29-8-4-3-6-25(29)14-9-22-10-15-26(16-11-22)28-17-18-32-20-30(28)35-21-23-12-13-24-5-1-2-7-27(24)19-23/h1-8,10-13,15-16,19,28,30,32H,9,14,17-18,20-21H2,(H,33,34). The number of rotatable bonds is 8. The zero-order chi connectivity index (χ0) is 24.0. The van der Waals surface area contributed by atoms with Gasteiger partial charge in [-0.15, -0.1) is 0 Å². The van der Waals surface area contributed by atoms with Gasteiger partial charge in [0.25, 0.3) is 0 Å². The van der Waals surface area contributed by atoms with E-state index in [0.29, 0.717) is 24.5 Å². The lowest BCUT2D eigenvalue weighted by Gasteiger charge is -2.32. The van der Waals surface area contributed by atoms with Gasteiger partial charge in [-0.2, -0.15) is 0 Å². The third kappa shape index (κ3) is 5.61. The molecular formula is C31H31NO3. The van der Waals surface area contributed by atoms with E-state index in [2.05, 4.69) is 72.0 Å². The fourth-order valence-corrected chi connectivity index (χ4v) is 5.08. The zero-order valence-electron chi connectivity index (χ0n) is 19.8. The van der Waals surface area contributed by atoms with Crippen molar-refractivity contribution in [3.8, 4) is 0 Å². The molecule has 1 saturated heterocycles. The van der Waals surface area contributed by atoms with Crippen molar-refractivity contribution in [2.75, 3.05) is 13.1 Å². The molecule has 1 aliphatic heterocycles. The maximum atomic E-state index is 11.5. The number of ether oxygens (including phenoxy) is 1. The first kappa shape index (κ1) is 23.3. The maximum absolute atomic E-state index is 11.5. The van der Waals surface area contributed by atoms with Crippen molar-refractivity contribution in [2.45, 2.75) is 37.9 Å². The van der Waals surface area contributed by atoms with Gasteiger partial charge in [0.2, 0.25) is 0 Å². The minimum atomic E-state index is -0.864. The van der Waals surface area contributed by atoms with Crippen LogP contribution in [0.4, 0.5) is 0 Å². The van der Waals surface area contributed by atoms with Gasteiger partial charge in [0, 0.05) is 12.5 Å². The molecule has 4 aromatic carbocycles. The first-order valence-electron chi connectivity index (χ1n) is 12.4. The van der Waals surface area contributed by atoms with Crippen LogP contribution in [0.1, 0.15) is 45.0 Å². The van der Waals surface area contributed by atoms with Crippen LogP contribution in [0.3, 0.4) is 0 Å². The van der Waals surface area contributed by atoms with E-state index >= 15 is 0 Å². The monoisotopic (exact) mass is 465 g/mol. The molecule has 2 unspecified atom stereocenters. The summed E-state index contributed by atoms with van der Waals surface area (Å²) in [6.45, 7) is 2.45. The predicted octanol–water partition coefficient (Wildman–Crippen LogP) is 5.99. The third-order valence-corrected chi connectivity index (χ3v) is 7.04. The summed E-state index contributed by atoms with van der Waals surface area (Å²) in [6, 6.07) is 31.0. The van der Waals surface area contributed by atoms with Crippen LogP contribution >= 0.6 is 0 Å². The van der Waals surface area contributed by atoms with Crippen molar-refractivity contribution in [3.63, 3.8) is 0 Å². The Bertz CT molecular complexity index is 1300. The van der Waals surface area contributed by atoms with Crippen molar-refractivity contribution in [2.24, 2.45) is 0 Å². The number of aromatic carboxylic acids is 1. The first-order chi connectivity index (χ1) is 17.2. The second-order valence-corrected chi connectivity index (χ2v) is 9.33. The van der Waals surface area contributed by atoms with Crippen LogP contribution in [-0.4, -0.2) is 30.3 Å². The van der Waals surface area contributed by atoms with Crippen LogP contribution in [0, 0.1) is 0 Å². The number of hydrogen-bond acceptors (Lipinski definition) is 3. The highest BCUT2D eigenvalue weighted by molar-refractivity contribution is 5.89. The SMILES string of the molecule is O=C(O)c1ccccc1CCc1ccc(C2CCNCC2OCc2ccc3ccccc3c2)cc1. The van der Waals surface area contributed by atoms with Crippen LogP contribution in [0.2, 0.25) is 0 Å². The smallest absolute Gasteiger partial charge is 0.335 e. The normalized spacial score (nSPS) is 17.9. The van der Waals surface area contributed by atoms with E-state index in [-0.39, 0.29) is 6.10 Å². The summed E-state index contributed by atoms with van der Waals surface area (Å²) >= 11 is 0. The first-order valence-corrected chi connectivity index (χ1v) is 12.4. The highest BCUT2D eigenvalue weighted by Gasteiger charge is 2.27. The second-order valence-electron chi connectivity index (χ2n) is 9.33. The number of piperidine rings is 1. The molecular weight excluding hydrogens is 434 g/mol. The van der Waals surface area contributed by atoms with E-state index in [4.69, 9.17) is 4.74 Å². The minimum absolute atomic E-state index is 0.128. The Morgan fingerprint density at radius 2 is 1.60 bits per heavy atom. The van der Waals surface area contributed by atoms with E-state index in [9.17, 15) is 9.90 Å². The molecule has 0 amide bonds. The number of aryl methyl sites for hydroxylation is 2. The van der Waals surface area contributed by atoms with E-state index in [1.807, 2.05) is 12.1 Å². The van der Waals surface area contributed by atoms with E-state index < -0.39 is 5.97 Å². The Balaban J connectivity index is 1.23. The third-order valence-electron chi connectivity index (χ3n) is 7.04. The average molecular weight is 466 g/mol. The number of nitrogens with one attached hydrogen (secondary N) is 1. The molecule has 5 rings (SSSR count). The van der Waals surface area contributed by atoms with E-state index in [0.717, 1.165) is 31.5 Å². The van der Waals surface area contributed by atoms with Crippen molar-refractivity contribution in [3.05, 3.63) is 119 Å². The van der Waals surface area contributed by atoms with Gasteiger partial charge < -0.3 is 15.2 Å². The van der Waals surface area contributed by atoms with Gasteiger partial charge in [-0.3, -0.25) is 0 Å². The molecule has 0 spiro atoms. The van der Waals surface area contributed by atoms with E-state index in [1.165, 1.54) is 27.5 Å². The van der Waals surface area contributed by atoms with Crippen molar-refractivity contribution < 1.29 is 14.6 Å². The molecule has 1 heterocycles. The Hall–Kier alpha value is -3.47. The van der Waals surface area contributed by atoms with E-state index in [1.54, 1.807) is 12.1 Å². The molecule has 2 atom stereocenters. The number of carbonyl (C=O) groups is 1. The molecule has 35 heavy (non-hydrogen) atoms. The van der Waals surface area contributed by atoms with Crippen molar-refractivity contribution >= 4 is 16.7 Å². The lowest BCUT2D eigenvalue weighted by Crippen LogP contribution is -2.40. The summed E-state index contributed by atoms with van der Waals surface area (Å²) in [5, 5.41) is 15.4. The number of hydrogen-bond donors (Lipinski definition) is 2. The highest BCUT2D eigenvalue weighted by atomic mass is 16.5. The van der Waals surface area contributed by atoms with Gasteiger partial charge >= 0.3 is 5.97 Å². The molecule has 1 fully saturated rings. The quantitative estimate of drug-likeness (QED) is 0.336. The Kier molecular flexibility index (Phi) is 7.22. The molecule has 0 saturated carbocycles. The Morgan fingerprint density at radius 3 is 2.43 bits per heavy atom. The van der Waals surface area contributed by atoms with Gasteiger partial charge in [-0.25, -0.2) is 4.79 Å². The predicted molar refractivity (Wildman–Crippen MR) is 140 cm³/mol. The van der Waals surface area contributed by atoms with Crippen LogP contribution in [0.5, 0.6) is 0 Å². The molecule has 4 aromatic rings. The number of fused-ring (bicyclic) bond motifs is 1. The Morgan fingerprint density at radius 1 is 0.857 bits per heavy atom. The van der Waals surface area contributed by atoms with Crippen LogP contribution in [-0.2, 0) is 24.2 Å². The number of carboxylic acids is 1. The van der Waals surface area contributed by atoms with Crippen molar-refractivity contribution in [1.82, 2.24) is 5.32 Å². The maximum Gasteiger partial charge on any atom is 0.335 e. The minimum Gasteiger partial charge on any atom is -0.478 e. The molecule has 0 radical (unpaired) electrons. The molecule has 1 aliphatic rings. The molecule has 0 aliphatic carbocycles. The van der Waals surface area contributed by atoms with Crippen LogP contribution in [0.15, 0.2) is 91.0 Å². The summed E-state index contributed by atoms with van der Waals surface area (Å²) in [7, 11) is 0. The zero-order valence-corrected chi connectivity index (χ0v) is 19.8. The van der Waals surface area contributed by atoms with Gasteiger partial charge in [-0.1, -0.05) is 78.9 Å². The molecule has 4 nitrogen and oxygen atoms in total. The lowest BCUT2D eigenvalue weighted by atomic mass is 9.87. The average Bonchev–Trinajstić information content (AvgIpc) is 2.91. The van der Waals surface area contributed by atoms with Crippen LogP contribution in [0.25, 0.3) is 10.8 Å². The topological polar surface area (TPSA) is 58.6 Å². The molecule has 0 bridgehead atoms. The molecule has 2 N–H and O–H groups in total. The Labute approximate surface area is 206 Å². The van der Waals surface area contributed by atoms with Crippen LogP contribution < -0.4 is 5.32 Å². The number of benzene rings is 4. The molecule has 4 heteroatoms.